The summed E-state index contributed by atoms with van der Waals surface area (Å²) in [6.07, 6.45) is 0. The third-order valence-corrected chi connectivity index (χ3v) is 6.71. The Balaban J connectivity index is 0.00000320. The summed E-state index contributed by atoms with van der Waals surface area (Å²) >= 11 is 1.77. The fraction of sp³-hybridized carbons (Fsp3) is 0.458. The summed E-state index contributed by atoms with van der Waals surface area (Å²) in [5.41, 5.74) is 2.08. The number of hydrogen-bond donors (Lipinski definition) is 0. The number of ether oxygens (including phenoxy) is 1. The maximum atomic E-state index is 13.7. The van der Waals surface area contributed by atoms with Gasteiger partial charge in [0.15, 0.2) is 0 Å². The van der Waals surface area contributed by atoms with Crippen molar-refractivity contribution in [2.75, 3.05) is 30.9 Å². The van der Waals surface area contributed by atoms with Crippen molar-refractivity contribution >= 4 is 35.8 Å². The van der Waals surface area contributed by atoms with E-state index in [1.807, 2.05) is 35.2 Å². The van der Waals surface area contributed by atoms with Gasteiger partial charge in [0, 0.05) is 35.8 Å². The Hall–Kier alpha value is -1.69. The lowest BCUT2D eigenvalue weighted by atomic mass is 9.99. The normalized spacial score (nSPS) is 16.5. The van der Waals surface area contributed by atoms with Crippen molar-refractivity contribution in [3.05, 3.63) is 54.1 Å². The highest BCUT2D eigenvalue weighted by molar-refractivity contribution is 7.99. The predicted molar refractivity (Wildman–Crippen MR) is 129 cm³/mol. The SMILES string of the molecule is COc1ccc(C2CSc3ccccc3N(CCN(C(C)C)C(C)C)C2=O)cc1.Cl. The van der Waals surface area contributed by atoms with Crippen molar-refractivity contribution in [1.82, 2.24) is 4.90 Å². The van der Waals surface area contributed by atoms with Gasteiger partial charge in [-0.3, -0.25) is 9.69 Å². The molecule has 164 valence electrons. The summed E-state index contributed by atoms with van der Waals surface area (Å²) in [5.74, 6) is 1.58. The molecule has 2 aromatic rings. The Kier molecular flexibility index (Phi) is 9.08. The second-order valence-electron chi connectivity index (χ2n) is 8.02. The lowest BCUT2D eigenvalue weighted by Gasteiger charge is -2.34. The van der Waals surface area contributed by atoms with Crippen LogP contribution in [0.5, 0.6) is 5.75 Å². The zero-order chi connectivity index (χ0) is 21.0. The van der Waals surface area contributed by atoms with Gasteiger partial charge in [-0.05, 0) is 57.5 Å². The molecule has 0 saturated carbocycles. The maximum Gasteiger partial charge on any atom is 0.235 e. The van der Waals surface area contributed by atoms with Crippen LogP contribution in [0.3, 0.4) is 0 Å². The summed E-state index contributed by atoms with van der Waals surface area (Å²) in [6.45, 7) is 10.4. The van der Waals surface area contributed by atoms with Gasteiger partial charge >= 0.3 is 0 Å². The highest BCUT2D eigenvalue weighted by Crippen LogP contribution is 2.39. The van der Waals surface area contributed by atoms with E-state index in [-0.39, 0.29) is 24.2 Å². The van der Waals surface area contributed by atoms with Crippen molar-refractivity contribution in [3.63, 3.8) is 0 Å². The van der Waals surface area contributed by atoms with Crippen molar-refractivity contribution in [2.45, 2.75) is 50.6 Å². The molecule has 1 heterocycles. The van der Waals surface area contributed by atoms with E-state index < -0.39 is 0 Å². The van der Waals surface area contributed by atoms with Crippen LogP contribution in [0.1, 0.15) is 39.2 Å². The van der Waals surface area contributed by atoms with Gasteiger partial charge in [0.1, 0.15) is 5.75 Å². The molecule has 1 atom stereocenters. The van der Waals surface area contributed by atoms with E-state index in [2.05, 4.69) is 50.8 Å². The molecule has 0 aromatic heterocycles. The average molecular weight is 449 g/mol. The van der Waals surface area contributed by atoms with Crippen LogP contribution >= 0.6 is 24.2 Å². The lowest BCUT2D eigenvalue weighted by Crippen LogP contribution is -2.45. The molecule has 0 saturated heterocycles. The van der Waals surface area contributed by atoms with Crippen LogP contribution < -0.4 is 9.64 Å². The molecule has 0 fully saturated rings. The number of nitrogens with zero attached hydrogens (tertiary/aromatic N) is 2. The first kappa shape index (κ1) is 24.6. The lowest BCUT2D eigenvalue weighted by molar-refractivity contribution is -0.119. The summed E-state index contributed by atoms with van der Waals surface area (Å²) in [5, 5.41) is 0. The van der Waals surface area contributed by atoms with Crippen LogP contribution in [-0.2, 0) is 4.79 Å². The third-order valence-electron chi connectivity index (χ3n) is 5.55. The number of para-hydroxylation sites is 1. The van der Waals surface area contributed by atoms with E-state index in [0.29, 0.717) is 18.6 Å². The Morgan fingerprint density at radius 1 is 1.07 bits per heavy atom. The molecule has 1 aliphatic heterocycles. The van der Waals surface area contributed by atoms with E-state index in [1.165, 1.54) is 4.90 Å². The molecular formula is C24H33ClN2O2S. The molecule has 1 amide bonds. The molecule has 4 nitrogen and oxygen atoms in total. The fourth-order valence-electron chi connectivity index (χ4n) is 3.99. The predicted octanol–water partition coefficient (Wildman–Crippen LogP) is 5.46. The first-order valence-electron chi connectivity index (χ1n) is 10.3. The maximum absolute atomic E-state index is 13.7. The number of anilines is 1. The molecule has 0 N–H and O–H groups in total. The number of fused-ring (bicyclic) bond motifs is 1. The zero-order valence-corrected chi connectivity index (χ0v) is 20.1. The minimum absolute atomic E-state index is 0. The zero-order valence-electron chi connectivity index (χ0n) is 18.5. The molecule has 1 aliphatic rings. The molecule has 1 unspecified atom stereocenters. The van der Waals surface area contributed by atoms with Gasteiger partial charge in [-0.15, -0.1) is 24.2 Å². The summed E-state index contributed by atoms with van der Waals surface area (Å²) in [6, 6.07) is 17.1. The highest BCUT2D eigenvalue weighted by Gasteiger charge is 2.32. The second kappa shape index (κ2) is 11.1. The Morgan fingerprint density at radius 2 is 1.70 bits per heavy atom. The summed E-state index contributed by atoms with van der Waals surface area (Å²) in [7, 11) is 1.66. The topological polar surface area (TPSA) is 32.8 Å². The van der Waals surface area contributed by atoms with Gasteiger partial charge in [-0.1, -0.05) is 24.3 Å². The van der Waals surface area contributed by atoms with Crippen LogP contribution in [0, 0.1) is 0 Å². The Bertz CT molecular complexity index is 818. The molecule has 2 aromatic carbocycles. The van der Waals surface area contributed by atoms with E-state index in [0.717, 1.165) is 29.3 Å². The van der Waals surface area contributed by atoms with Gasteiger partial charge in [0.25, 0.3) is 0 Å². The minimum Gasteiger partial charge on any atom is -0.497 e. The fourth-order valence-corrected chi connectivity index (χ4v) is 5.17. The number of hydrogen-bond acceptors (Lipinski definition) is 4. The van der Waals surface area contributed by atoms with Gasteiger partial charge in [-0.25, -0.2) is 0 Å². The number of rotatable bonds is 7. The van der Waals surface area contributed by atoms with Crippen molar-refractivity contribution in [3.8, 4) is 5.75 Å². The van der Waals surface area contributed by atoms with E-state index in [4.69, 9.17) is 4.74 Å². The van der Waals surface area contributed by atoms with Gasteiger partial charge < -0.3 is 9.64 Å². The number of carbonyl (C=O) groups excluding carboxylic acids is 1. The minimum atomic E-state index is -0.162. The number of benzene rings is 2. The van der Waals surface area contributed by atoms with Gasteiger partial charge in [-0.2, -0.15) is 0 Å². The molecular weight excluding hydrogens is 416 g/mol. The number of amides is 1. The quantitative estimate of drug-likeness (QED) is 0.563. The molecule has 0 spiro atoms. The highest BCUT2D eigenvalue weighted by atomic mass is 35.5. The monoisotopic (exact) mass is 448 g/mol. The van der Waals surface area contributed by atoms with Crippen LogP contribution in [-0.4, -0.2) is 48.8 Å². The van der Waals surface area contributed by atoms with Crippen molar-refractivity contribution in [1.29, 1.82) is 0 Å². The smallest absolute Gasteiger partial charge is 0.235 e. The first-order chi connectivity index (χ1) is 13.9. The molecule has 0 radical (unpaired) electrons. The van der Waals surface area contributed by atoms with Crippen molar-refractivity contribution < 1.29 is 9.53 Å². The average Bonchev–Trinajstić information content (AvgIpc) is 2.84. The third kappa shape index (κ3) is 5.51. The standard InChI is InChI=1S/C24H32N2O2S.ClH/c1-17(2)25(18(3)4)14-15-26-22-8-6-7-9-23(22)29-16-21(24(26)27)19-10-12-20(28-5)13-11-19;/h6-13,17-18,21H,14-16H2,1-5H3;1H. The van der Waals surface area contributed by atoms with Gasteiger partial charge in [0.05, 0.1) is 18.7 Å². The Labute approximate surface area is 191 Å². The summed E-state index contributed by atoms with van der Waals surface area (Å²) < 4.78 is 5.28. The molecule has 3 rings (SSSR count). The van der Waals surface area contributed by atoms with Crippen LogP contribution in [0.4, 0.5) is 5.69 Å². The summed E-state index contributed by atoms with van der Waals surface area (Å²) in [4.78, 5) is 19.3. The van der Waals surface area contributed by atoms with E-state index in [1.54, 1.807) is 18.9 Å². The Morgan fingerprint density at radius 3 is 2.30 bits per heavy atom. The van der Waals surface area contributed by atoms with Crippen molar-refractivity contribution in [2.24, 2.45) is 0 Å². The second-order valence-corrected chi connectivity index (χ2v) is 9.08. The van der Waals surface area contributed by atoms with Crippen LogP contribution in [0.25, 0.3) is 0 Å². The number of carbonyl (C=O) groups is 1. The van der Waals surface area contributed by atoms with E-state index in [9.17, 15) is 4.79 Å². The number of methoxy groups -OCH3 is 1. The van der Waals surface area contributed by atoms with E-state index >= 15 is 0 Å². The molecule has 0 bridgehead atoms. The first-order valence-corrected chi connectivity index (χ1v) is 11.3. The van der Waals surface area contributed by atoms with Crippen LogP contribution in [0.2, 0.25) is 0 Å². The number of halogens is 1. The number of thioether (sulfide) groups is 1. The van der Waals surface area contributed by atoms with Gasteiger partial charge in [0.2, 0.25) is 5.91 Å². The molecule has 6 heteroatoms. The molecule has 0 aliphatic carbocycles. The largest absolute Gasteiger partial charge is 0.497 e. The van der Waals surface area contributed by atoms with Crippen LogP contribution in [0.15, 0.2) is 53.4 Å². The molecule has 30 heavy (non-hydrogen) atoms.